The van der Waals surface area contributed by atoms with Crippen molar-refractivity contribution in [2.45, 2.75) is 6.10 Å². The molecule has 2 N–H and O–H groups in total. The molecular formula is C6H10O3. The Morgan fingerprint density at radius 1 is 1.78 bits per heavy atom. The summed E-state index contributed by atoms with van der Waals surface area (Å²) in [4.78, 5) is 0. The molecule has 3 nitrogen and oxygen atoms in total. The summed E-state index contributed by atoms with van der Waals surface area (Å²) in [5, 5.41) is 17.0. The Labute approximate surface area is 53.9 Å². The minimum Gasteiger partial charge on any atom is -0.468 e. The SMILES string of the molecule is C=COC(=C)C(O)CO. The Balaban J connectivity index is 3.58. The molecule has 0 aliphatic carbocycles. The highest BCUT2D eigenvalue weighted by molar-refractivity contribution is 4.92. The quantitative estimate of drug-likeness (QED) is 0.527. The van der Waals surface area contributed by atoms with Gasteiger partial charge in [0.2, 0.25) is 0 Å². The van der Waals surface area contributed by atoms with Gasteiger partial charge in [0.25, 0.3) is 0 Å². The highest BCUT2D eigenvalue weighted by Crippen LogP contribution is 1.99. The van der Waals surface area contributed by atoms with Crippen molar-refractivity contribution in [2.75, 3.05) is 6.61 Å². The Hall–Kier alpha value is -0.800. The zero-order valence-corrected chi connectivity index (χ0v) is 5.08. The Morgan fingerprint density at radius 3 is 2.67 bits per heavy atom. The van der Waals surface area contributed by atoms with Crippen LogP contribution < -0.4 is 0 Å². The largest absolute Gasteiger partial charge is 0.468 e. The first-order valence-electron chi connectivity index (χ1n) is 2.47. The molecule has 0 aromatic rings. The van der Waals surface area contributed by atoms with Crippen LogP contribution in [-0.2, 0) is 4.74 Å². The van der Waals surface area contributed by atoms with Crippen molar-refractivity contribution < 1.29 is 14.9 Å². The lowest BCUT2D eigenvalue weighted by Gasteiger charge is -2.07. The van der Waals surface area contributed by atoms with Gasteiger partial charge in [0.05, 0.1) is 12.9 Å². The molecule has 0 saturated carbocycles. The van der Waals surface area contributed by atoms with Crippen molar-refractivity contribution in [3.63, 3.8) is 0 Å². The highest BCUT2D eigenvalue weighted by atomic mass is 16.5. The summed E-state index contributed by atoms with van der Waals surface area (Å²) in [5.74, 6) is 0.104. The summed E-state index contributed by atoms with van der Waals surface area (Å²) in [7, 11) is 0. The van der Waals surface area contributed by atoms with E-state index in [9.17, 15) is 0 Å². The van der Waals surface area contributed by atoms with Gasteiger partial charge in [-0.25, -0.2) is 0 Å². The van der Waals surface area contributed by atoms with Gasteiger partial charge >= 0.3 is 0 Å². The van der Waals surface area contributed by atoms with Crippen molar-refractivity contribution in [3.8, 4) is 0 Å². The maximum Gasteiger partial charge on any atom is 0.134 e. The molecule has 0 aromatic heterocycles. The lowest BCUT2D eigenvalue weighted by atomic mass is 10.3. The molecule has 0 heterocycles. The predicted octanol–water partition coefficient (Wildman–Crippen LogP) is 0.0134. The first-order chi connectivity index (χ1) is 4.22. The van der Waals surface area contributed by atoms with Crippen LogP contribution in [0.4, 0.5) is 0 Å². The third kappa shape index (κ3) is 2.90. The van der Waals surface area contributed by atoms with Crippen LogP contribution in [0, 0.1) is 0 Å². The molecule has 0 bridgehead atoms. The molecule has 0 saturated heterocycles. The summed E-state index contributed by atoms with van der Waals surface area (Å²) in [6.07, 6.45) is 0.129. The van der Waals surface area contributed by atoms with E-state index in [1.807, 2.05) is 0 Å². The van der Waals surface area contributed by atoms with Gasteiger partial charge in [-0.05, 0) is 0 Å². The Bertz CT molecular complexity index is 109. The van der Waals surface area contributed by atoms with Gasteiger partial charge in [0.1, 0.15) is 11.9 Å². The van der Waals surface area contributed by atoms with Crippen molar-refractivity contribution in [3.05, 3.63) is 25.2 Å². The minimum atomic E-state index is -1.01. The number of rotatable bonds is 4. The molecule has 0 aromatic carbocycles. The van der Waals surface area contributed by atoms with Crippen molar-refractivity contribution in [2.24, 2.45) is 0 Å². The van der Waals surface area contributed by atoms with E-state index in [0.29, 0.717) is 0 Å². The molecule has 0 rings (SSSR count). The second-order valence-electron chi connectivity index (χ2n) is 1.45. The van der Waals surface area contributed by atoms with Crippen LogP contribution in [0.15, 0.2) is 25.2 Å². The van der Waals surface area contributed by atoms with Gasteiger partial charge in [-0.15, -0.1) is 0 Å². The summed E-state index contributed by atoms with van der Waals surface area (Å²) < 4.78 is 4.55. The first-order valence-corrected chi connectivity index (χ1v) is 2.47. The van der Waals surface area contributed by atoms with Crippen LogP contribution in [0.2, 0.25) is 0 Å². The van der Waals surface area contributed by atoms with Crippen molar-refractivity contribution in [1.82, 2.24) is 0 Å². The van der Waals surface area contributed by atoms with E-state index in [1.54, 1.807) is 0 Å². The molecule has 0 amide bonds. The van der Waals surface area contributed by atoms with Gasteiger partial charge in [-0.1, -0.05) is 13.2 Å². The molecule has 0 fully saturated rings. The smallest absolute Gasteiger partial charge is 0.134 e. The Morgan fingerprint density at radius 2 is 2.33 bits per heavy atom. The lowest BCUT2D eigenvalue weighted by Crippen LogP contribution is -2.14. The van der Waals surface area contributed by atoms with Crippen LogP contribution in [0.25, 0.3) is 0 Å². The van der Waals surface area contributed by atoms with Crippen LogP contribution in [0.3, 0.4) is 0 Å². The van der Waals surface area contributed by atoms with E-state index in [4.69, 9.17) is 10.2 Å². The summed E-state index contributed by atoms with van der Waals surface area (Å²) in [6.45, 7) is 6.17. The Kier molecular flexibility index (Phi) is 3.75. The molecule has 0 aliphatic rings. The lowest BCUT2D eigenvalue weighted by molar-refractivity contribution is 0.0836. The predicted molar refractivity (Wildman–Crippen MR) is 33.5 cm³/mol. The van der Waals surface area contributed by atoms with E-state index in [2.05, 4.69) is 17.9 Å². The molecule has 1 unspecified atom stereocenters. The second kappa shape index (κ2) is 4.12. The summed E-state index contributed by atoms with van der Waals surface area (Å²) in [5.41, 5.74) is 0. The maximum atomic E-state index is 8.74. The van der Waals surface area contributed by atoms with Gasteiger partial charge in [-0.3, -0.25) is 0 Å². The number of hydrogen-bond acceptors (Lipinski definition) is 3. The zero-order chi connectivity index (χ0) is 7.28. The molecule has 52 valence electrons. The fraction of sp³-hybridized carbons (Fsp3) is 0.333. The van der Waals surface area contributed by atoms with Gasteiger partial charge in [0, 0.05) is 0 Å². The van der Waals surface area contributed by atoms with Crippen LogP contribution in [0.5, 0.6) is 0 Å². The monoisotopic (exact) mass is 130 g/mol. The fourth-order valence-electron chi connectivity index (χ4n) is 0.287. The van der Waals surface area contributed by atoms with Crippen molar-refractivity contribution >= 4 is 0 Å². The van der Waals surface area contributed by atoms with Gasteiger partial charge < -0.3 is 14.9 Å². The third-order valence-corrected chi connectivity index (χ3v) is 0.779. The van der Waals surface area contributed by atoms with Crippen molar-refractivity contribution in [1.29, 1.82) is 0 Å². The van der Waals surface area contributed by atoms with E-state index in [0.717, 1.165) is 6.26 Å². The topological polar surface area (TPSA) is 49.7 Å². The average molecular weight is 130 g/mol. The average Bonchev–Trinajstić information content (AvgIpc) is 1.87. The second-order valence-corrected chi connectivity index (χ2v) is 1.45. The summed E-state index contributed by atoms with van der Waals surface area (Å²) in [6, 6.07) is 0. The van der Waals surface area contributed by atoms with Crippen LogP contribution >= 0.6 is 0 Å². The van der Waals surface area contributed by atoms with E-state index >= 15 is 0 Å². The number of aliphatic hydroxyl groups is 2. The van der Waals surface area contributed by atoms with E-state index < -0.39 is 6.10 Å². The van der Waals surface area contributed by atoms with Gasteiger partial charge in [-0.2, -0.15) is 0 Å². The molecule has 9 heavy (non-hydrogen) atoms. The number of aliphatic hydroxyl groups excluding tert-OH is 2. The maximum absolute atomic E-state index is 8.74. The normalized spacial score (nSPS) is 12.2. The molecule has 0 radical (unpaired) electrons. The highest BCUT2D eigenvalue weighted by Gasteiger charge is 2.05. The van der Waals surface area contributed by atoms with Gasteiger partial charge in [0.15, 0.2) is 0 Å². The van der Waals surface area contributed by atoms with Crippen LogP contribution in [-0.4, -0.2) is 22.9 Å². The molecule has 0 spiro atoms. The standard InChI is InChI=1S/C6H10O3/c1-3-9-5(2)6(8)4-7/h3,6-8H,1-2,4H2. The van der Waals surface area contributed by atoms with E-state index in [-0.39, 0.29) is 12.4 Å². The molecule has 1 atom stereocenters. The molecule has 3 heteroatoms. The first kappa shape index (κ1) is 8.20. The molecular weight excluding hydrogens is 120 g/mol. The zero-order valence-electron chi connectivity index (χ0n) is 5.08. The number of hydrogen-bond donors (Lipinski definition) is 2. The molecule has 0 aliphatic heterocycles. The fourth-order valence-corrected chi connectivity index (χ4v) is 0.287. The van der Waals surface area contributed by atoms with Crippen LogP contribution in [0.1, 0.15) is 0 Å². The summed E-state index contributed by atoms with van der Waals surface area (Å²) >= 11 is 0. The van der Waals surface area contributed by atoms with E-state index in [1.165, 1.54) is 0 Å². The third-order valence-electron chi connectivity index (χ3n) is 0.779. The number of ether oxygens (including phenoxy) is 1. The minimum absolute atomic E-state index is 0.104.